The standard InChI is InChI=1S/C19H32N2O2/c22-18(17(15-6-7-15)21-11-4-5-12-21)20-16-8-13-23-19(14-16)9-2-1-3-10-19/h15-17H,1-14H2,(H,20,22)/t16-,17+/m1/s1. The number of carbonyl (C=O) groups is 1. The highest BCUT2D eigenvalue weighted by molar-refractivity contribution is 5.82. The van der Waals surface area contributed by atoms with Gasteiger partial charge in [-0.1, -0.05) is 19.3 Å². The molecule has 2 aliphatic carbocycles. The van der Waals surface area contributed by atoms with E-state index in [9.17, 15) is 4.79 Å². The van der Waals surface area contributed by atoms with Crippen LogP contribution in [0.15, 0.2) is 0 Å². The number of nitrogens with one attached hydrogen (secondary N) is 1. The average molecular weight is 320 g/mol. The molecule has 1 spiro atoms. The first-order chi connectivity index (χ1) is 11.3. The number of likely N-dealkylation sites (tertiary alicyclic amines) is 1. The SMILES string of the molecule is O=C(N[C@@H]1CCOC2(CCCCC2)C1)[C@H](C1CC1)N1CCCC1. The molecule has 2 saturated carbocycles. The molecule has 0 aromatic rings. The quantitative estimate of drug-likeness (QED) is 0.866. The number of amides is 1. The topological polar surface area (TPSA) is 41.6 Å². The fourth-order valence-corrected chi connectivity index (χ4v) is 5.09. The fraction of sp³-hybridized carbons (Fsp3) is 0.947. The van der Waals surface area contributed by atoms with Crippen molar-refractivity contribution in [3.63, 3.8) is 0 Å². The van der Waals surface area contributed by atoms with Crippen LogP contribution in [0.5, 0.6) is 0 Å². The molecular formula is C19H32N2O2. The van der Waals surface area contributed by atoms with Gasteiger partial charge < -0.3 is 10.1 Å². The summed E-state index contributed by atoms with van der Waals surface area (Å²) in [6, 6.07) is 0.487. The molecule has 23 heavy (non-hydrogen) atoms. The zero-order valence-corrected chi connectivity index (χ0v) is 14.4. The van der Waals surface area contributed by atoms with E-state index in [0.717, 1.165) is 32.5 Å². The summed E-state index contributed by atoms with van der Waals surface area (Å²) in [6.07, 6.45) is 13.3. The number of nitrogens with zero attached hydrogens (tertiary/aromatic N) is 1. The summed E-state index contributed by atoms with van der Waals surface area (Å²) in [5, 5.41) is 3.43. The van der Waals surface area contributed by atoms with Crippen molar-refractivity contribution in [2.75, 3.05) is 19.7 Å². The predicted octanol–water partition coefficient (Wildman–Crippen LogP) is 2.86. The second kappa shape index (κ2) is 6.72. The van der Waals surface area contributed by atoms with E-state index in [1.54, 1.807) is 0 Å². The van der Waals surface area contributed by atoms with Crippen molar-refractivity contribution in [2.24, 2.45) is 5.92 Å². The van der Waals surface area contributed by atoms with Gasteiger partial charge in [0.1, 0.15) is 0 Å². The van der Waals surface area contributed by atoms with Gasteiger partial charge in [0, 0.05) is 12.6 Å². The highest BCUT2D eigenvalue weighted by atomic mass is 16.5. The molecule has 130 valence electrons. The molecule has 0 unspecified atom stereocenters. The number of carbonyl (C=O) groups excluding carboxylic acids is 1. The lowest BCUT2D eigenvalue weighted by molar-refractivity contribution is -0.133. The van der Waals surface area contributed by atoms with E-state index in [-0.39, 0.29) is 11.6 Å². The summed E-state index contributed by atoms with van der Waals surface area (Å²) in [5.41, 5.74) is 0.0805. The number of rotatable bonds is 4. The van der Waals surface area contributed by atoms with Gasteiger partial charge >= 0.3 is 0 Å². The Hall–Kier alpha value is -0.610. The molecule has 2 saturated heterocycles. The monoisotopic (exact) mass is 320 g/mol. The summed E-state index contributed by atoms with van der Waals surface area (Å²) in [4.78, 5) is 15.4. The van der Waals surface area contributed by atoms with E-state index in [1.165, 1.54) is 57.8 Å². The minimum Gasteiger partial charge on any atom is -0.375 e. The van der Waals surface area contributed by atoms with Crippen molar-refractivity contribution in [3.05, 3.63) is 0 Å². The summed E-state index contributed by atoms with van der Waals surface area (Å²) in [6.45, 7) is 3.06. The van der Waals surface area contributed by atoms with Crippen LogP contribution < -0.4 is 5.32 Å². The molecule has 4 fully saturated rings. The van der Waals surface area contributed by atoms with Crippen LogP contribution >= 0.6 is 0 Å². The third kappa shape index (κ3) is 3.58. The first-order valence-electron chi connectivity index (χ1n) is 9.94. The van der Waals surface area contributed by atoms with E-state index < -0.39 is 0 Å². The van der Waals surface area contributed by atoms with E-state index in [0.29, 0.717) is 17.9 Å². The van der Waals surface area contributed by atoms with Crippen LogP contribution in [0.3, 0.4) is 0 Å². The van der Waals surface area contributed by atoms with Gasteiger partial charge in [0.25, 0.3) is 0 Å². The van der Waals surface area contributed by atoms with Crippen LogP contribution in [0.1, 0.15) is 70.6 Å². The van der Waals surface area contributed by atoms with Crippen molar-refractivity contribution >= 4 is 5.91 Å². The molecule has 2 aliphatic heterocycles. The molecule has 4 rings (SSSR count). The first-order valence-corrected chi connectivity index (χ1v) is 9.94. The van der Waals surface area contributed by atoms with E-state index in [2.05, 4.69) is 10.2 Å². The summed E-state index contributed by atoms with van der Waals surface area (Å²) < 4.78 is 6.18. The van der Waals surface area contributed by atoms with Crippen LogP contribution in [0.25, 0.3) is 0 Å². The Bertz CT molecular complexity index is 418. The van der Waals surface area contributed by atoms with Gasteiger partial charge in [0.05, 0.1) is 11.6 Å². The third-order valence-corrected chi connectivity index (χ3v) is 6.48. The van der Waals surface area contributed by atoms with Gasteiger partial charge in [-0.2, -0.15) is 0 Å². The number of ether oxygens (including phenoxy) is 1. The molecule has 4 aliphatic rings. The average Bonchev–Trinajstić information content (AvgIpc) is 3.22. The van der Waals surface area contributed by atoms with Gasteiger partial charge in [-0.15, -0.1) is 0 Å². The van der Waals surface area contributed by atoms with Crippen molar-refractivity contribution < 1.29 is 9.53 Å². The van der Waals surface area contributed by atoms with Crippen molar-refractivity contribution in [1.82, 2.24) is 10.2 Å². The second-order valence-electron chi connectivity index (χ2n) is 8.32. The Morgan fingerprint density at radius 3 is 2.48 bits per heavy atom. The Balaban J connectivity index is 1.37. The largest absolute Gasteiger partial charge is 0.375 e. The maximum atomic E-state index is 13.0. The minimum absolute atomic E-state index is 0.0805. The van der Waals surface area contributed by atoms with Crippen LogP contribution in [0.4, 0.5) is 0 Å². The summed E-state index contributed by atoms with van der Waals surface area (Å²) in [7, 11) is 0. The smallest absolute Gasteiger partial charge is 0.237 e. The molecule has 4 heteroatoms. The predicted molar refractivity (Wildman–Crippen MR) is 90.3 cm³/mol. The maximum Gasteiger partial charge on any atom is 0.237 e. The molecule has 1 N–H and O–H groups in total. The number of hydrogen-bond donors (Lipinski definition) is 1. The molecule has 2 atom stereocenters. The van der Waals surface area contributed by atoms with Gasteiger partial charge in [0.15, 0.2) is 0 Å². The molecule has 0 aromatic carbocycles. The molecule has 1 amide bonds. The summed E-state index contributed by atoms with van der Waals surface area (Å²) >= 11 is 0. The number of hydrogen-bond acceptors (Lipinski definition) is 3. The zero-order chi connectivity index (χ0) is 15.7. The Kier molecular flexibility index (Phi) is 4.64. The van der Waals surface area contributed by atoms with Crippen LogP contribution in [0, 0.1) is 5.92 Å². The van der Waals surface area contributed by atoms with E-state index in [1.807, 2.05) is 0 Å². The lowest BCUT2D eigenvalue weighted by atomic mass is 9.78. The second-order valence-corrected chi connectivity index (χ2v) is 8.32. The zero-order valence-electron chi connectivity index (χ0n) is 14.4. The first kappa shape index (κ1) is 15.9. The molecule has 0 aromatic heterocycles. The van der Waals surface area contributed by atoms with E-state index >= 15 is 0 Å². The molecule has 0 bridgehead atoms. The normalized spacial score (nSPS) is 32.8. The Morgan fingerprint density at radius 2 is 1.78 bits per heavy atom. The molecule has 0 radical (unpaired) electrons. The summed E-state index contributed by atoms with van der Waals surface area (Å²) in [5.74, 6) is 0.934. The van der Waals surface area contributed by atoms with Gasteiger partial charge in [-0.25, -0.2) is 0 Å². The lowest BCUT2D eigenvalue weighted by Crippen LogP contribution is -2.54. The van der Waals surface area contributed by atoms with Crippen molar-refractivity contribution in [2.45, 2.75) is 88.3 Å². The Labute approximate surface area is 140 Å². The molecule has 2 heterocycles. The minimum atomic E-state index is 0.0805. The lowest BCUT2D eigenvalue weighted by Gasteiger charge is -2.44. The van der Waals surface area contributed by atoms with Crippen LogP contribution in [-0.4, -0.2) is 48.2 Å². The van der Waals surface area contributed by atoms with Crippen LogP contribution in [0.2, 0.25) is 0 Å². The van der Waals surface area contributed by atoms with Crippen molar-refractivity contribution in [1.29, 1.82) is 0 Å². The highest BCUT2D eigenvalue weighted by Gasteiger charge is 2.43. The Morgan fingerprint density at radius 1 is 1.04 bits per heavy atom. The fourth-order valence-electron chi connectivity index (χ4n) is 5.09. The molecule has 4 nitrogen and oxygen atoms in total. The highest BCUT2D eigenvalue weighted by Crippen LogP contribution is 2.39. The van der Waals surface area contributed by atoms with Crippen molar-refractivity contribution in [3.8, 4) is 0 Å². The maximum absolute atomic E-state index is 13.0. The molecular weight excluding hydrogens is 288 g/mol. The van der Waals surface area contributed by atoms with E-state index in [4.69, 9.17) is 4.74 Å². The van der Waals surface area contributed by atoms with Gasteiger partial charge in [-0.05, 0) is 70.4 Å². The van der Waals surface area contributed by atoms with Crippen LogP contribution in [-0.2, 0) is 9.53 Å². The van der Waals surface area contributed by atoms with Gasteiger partial charge in [-0.3, -0.25) is 9.69 Å². The third-order valence-electron chi connectivity index (χ3n) is 6.48. The van der Waals surface area contributed by atoms with Gasteiger partial charge in [0.2, 0.25) is 5.91 Å².